The molecule has 11 aromatic rings. The number of fused-ring (bicyclic) bond motifs is 4. The minimum atomic E-state index is -0.163. The number of rotatable bonds is 8. The lowest BCUT2D eigenvalue weighted by atomic mass is 9.82. The zero-order valence-corrected chi connectivity index (χ0v) is 37.1. The van der Waals surface area contributed by atoms with E-state index < -0.39 is 0 Å². The first kappa shape index (κ1) is 39.9. The van der Waals surface area contributed by atoms with Crippen molar-refractivity contribution >= 4 is 10.8 Å². The first-order chi connectivity index (χ1) is 32.9. The Bertz CT molecular complexity index is 3650. The van der Waals surface area contributed by atoms with E-state index in [0.29, 0.717) is 23.3 Å². The predicted octanol–water partition coefficient (Wildman–Crippen LogP) is 15.5. The molecule has 0 unspecified atom stereocenters. The van der Waals surface area contributed by atoms with Gasteiger partial charge >= 0.3 is 0 Å². The molecule has 0 saturated heterocycles. The topological polar surface area (TPSA) is 64.5 Å². The molecule has 0 bridgehead atoms. The fourth-order valence-corrected chi connectivity index (χ4v) is 9.64. The maximum absolute atomic E-state index is 5.32. The number of nitrogens with zero attached hydrogens (tertiary/aromatic N) is 5. The lowest BCUT2D eigenvalue weighted by Crippen LogP contribution is -2.14. The highest BCUT2D eigenvalue weighted by Gasteiger charge is 2.37. The van der Waals surface area contributed by atoms with Crippen LogP contribution in [0.2, 0.25) is 0 Å². The van der Waals surface area contributed by atoms with Crippen LogP contribution in [0.15, 0.2) is 224 Å². The molecule has 0 fully saturated rings. The standard InChI is InChI=1S/C62H43N5/c1-62(2)53-28-12-11-26-51(53)57-52(27-15-29-54(57)62)61-66-59(44-33-30-42(31-34-44)40-16-5-3-6-17-40)65-60(67-61)50-25-14-23-47(38-50)46-22-13-24-48(37-46)55-39-56(64-58(63-55)43-19-7-4-8-20-43)49-35-32-41-18-9-10-21-45(41)36-49/h3-39H,1-2H3. The summed E-state index contributed by atoms with van der Waals surface area (Å²) in [6, 6.07) is 78.6. The molecular weight excluding hydrogens is 815 g/mol. The molecule has 5 nitrogen and oxygen atoms in total. The summed E-state index contributed by atoms with van der Waals surface area (Å²) in [5, 5.41) is 2.36. The molecule has 12 rings (SSSR count). The van der Waals surface area contributed by atoms with Crippen LogP contribution in [0.1, 0.15) is 25.0 Å². The van der Waals surface area contributed by atoms with Crippen molar-refractivity contribution in [1.29, 1.82) is 0 Å². The maximum Gasteiger partial charge on any atom is 0.164 e. The van der Waals surface area contributed by atoms with Crippen molar-refractivity contribution < 1.29 is 0 Å². The molecule has 0 atom stereocenters. The minimum absolute atomic E-state index is 0.163. The van der Waals surface area contributed by atoms with E-state index in [2.05, 4.69) is 214 Å². The van der Waals surface area contributed by atoms with Crippen LogP contribution >= 0.6 is 0 Å². The third-order valence-electron chi connectivity index (χ3n) is 13.1. The minimum Gasteiger partial charge on any atom is -0.228 e. The third kappa shape index (κ3) is 7.37. The Morgan fingerprint density at radius 3 is 1.46 bits per heavy atom. The second-order valence-electron chi connectivity index (χ2n) is 17.7. The quantitative estimate of drug-likeness (QED) is 0.152. The normalized spacial score (nSPS) is 12.4. The van der Waals surface area contributed by atoms with Gasteiger partial charge in [-0.3, -0.25) is 0 Å². The van der Waals surface area contributed by atoms with Gasteiger partial charge in [-0.05, 0) is 79.5 Å². The Kier molecular flexibility index (Phi) is 9.76. The van der Waals surface area contributed by atoms with Crippen molar-refractivity contribution in [2.45, 2.75) is 19.3 Å². The van der Waals surface area contributed by atoms with Crippen LogP contribution in [0.4, 0.5) is 0 Å². The molecule has 1 aliphatic carbocycles. The van der Waals surface area contributed by atoms with E-state index >= 15 is 0 Å². The Morgan fingerprint density at radius 1 is 0.269 bits per heavy atom. The first-order valence-electron chi connectivity index (χ1n) is 22.7. The van der Waals surface area contributed by atoms with Gasteiger partial charge in [-0.15, -0.1) is 0 Å². The summed E-state index contributed by atoms with van der Waals surface area (Å²) in [5.74, 6) is 2.55. The van der Waals surface area contributed by atoms with Crippen molar-refractivity contribution in [3.63, 3.8) is 0 Å². The van der Waals surface area contributed by atoms with Crippen molar-refractivity contribution in [2.24, 2.45) is 0 Å². The molecule has 5 heteroatoms. The van der Waals surface area contributed by atoms with Crippen molar-refractivity contribution in [3.05, 3.63) is 236 Å². The highest BCUT2D eigenvalue weighted by molar-refractivity contribution is 5.92. The number of hydrogen-bond acceptors (Lipinski definition) is 5. The van der Waals surface area contributed by atoms with Gasteiger partial charge in [0.25, 0.3) is 0 Å². The summed E-state index contributed by atoms with van der Waals surface area (Å²) in [6.07, 6.45) is 0. The molecule has 0 spiro atoms. The molecule has 0 saturated carbocycles. The van der Waals surface area contributed by atoms with Gasteiger partial charge in [0.1, 0.15) is 0 Å². The van der Waals surface area contributed by atoms with E-state index in [4.69, 9.17) is 24.9 Å². The number of hydrogen-bond donors (Lipinski definition) is 0. The molecule has 0 aliphatic heterocycles. The zero-order chi connectivity index (χ0) is 44.9. The summed E-state index contributed by atoms with van der Waals surface area (Å²) in [7, 11) is 0. The van der Waals surface area contributed by atoms with Gasteiger partial charge in [0.15, 0.2) is 23.3 Å². The average Bonchev–Trinajstić information content (AvgIpc) is 3.64. The van der Waals surface area contributed by atoms with Gasteiger partial charge in [0, 0.05) is 38.8 Å². The van der Waals surface area contributed by atoms with Gasteiger partial charge in [-0.25, -0.2) is 24.9 Å². The Morgan fingerprint density at radius 2 is 0.716 bits per heavy atom. The second-order valence-corrected chi connectivity index (χ2v) is 17.7. The lowest BCUT2D eigenvalue weighted by molar-refractivity contribution is 0.660. The zero-order valence-electron chi connectivity index (χ0n) is 37.1. The van der Waals surface area contributed by atoms with Gasteiger partial charge in [-0.2, -0.15) is 0 Å². The summed E-state index contributed by atoms with van der Waals surface area (Å²) in [4.78, 5) is 26.1. The van der Waals surface area contributed by atoms with E-state index in [0.717, 1.165) is 67.0 Å². The first-order valence-corrected chi connectivity index (χ1v) is 22.7. The SMILES string of the molecule is CC1(C)c2ccccc2-c2c(-c3nc(-c4ccc(-c5ccccc5)cc4)nc(-c4cccc(-c5cccc(-c6cc(-c7ccc8ccccc8c7)nc(-c7ccccc7)n6)c5)c4)n3)cccc21. The highest BCUT2D eigenvalue weighted by Crippen LogP contribution is 2.51. The van der Waals surface area contributed by atoms with Crippen LogP contribution in [-0.2, 0) is 5.41 Å². The Hall–Kier alpha value is -8.67. The molecule has 0 N–H and O–H groups in total. The summed E-state index contributed by atoms with van der Waals surface area (Å²) in [6.45, 7) is 4.61. The molecular formula is C62H43N5. The van der Waals surface area contributed by atoms with Crippen LogP contribution in [0, 0.1) is 0 Å². The van der Waals surface area contributed by atoms with E-state index in [1.165, 1.54) is 33.0 Å². The molecule has 2 aromatic heterocycles. The highest BCUT2D eigenvalue weighted by atomic mass is 15.0. The Balaban J connectivity index is 0.968. The van der Waals surface area contributed by atoms with Crippen molar-refractivity contribution in [3.8, 4) is 101 Å². The molecule has 67 heavy (non-hydrogen) atoms. The molecule has 0 radical (unpaired) electrons. The van der Waals surface area contributed by atoms with Gasteiger partial charge < -0.3 is 0 Å². The van der Waals surface area contributed by atoms with Crippen LogP contribution < -0.4 is 0 Å². The van der Waals surface area contributed by atoms with Crippen molar-refractivity contribution in [2.75, 3.05) is 0 Å². The monoisotopic (exact) mass is 857 g/mol. The summed E-state index contributed by atoms with van der Waals surface area (Å²) >= 11 is 0. The van der Waals surface area contributed by atoms with Gasteiger partial charge in [-0.1, -0.05) is 214 Å². The average molecular weight is 858 g/mol. The number of aromatic nitrogens is 5. The summed E-state index contributed by atoms with van der Waals surface area (Å²) < 4.78 is 0. The fourth-order valence-electron chi connectivity index (χ4n) is 9.64. The molecule has 316 valence electrons. The lowest BCUT2D eigenvalue weighted by Gasteiger charge is -2.21. The third-order valence-corrected chi connectivity index (χ3v) is 13.1. The maximum atomic E-state index is 5.32. The van der Waals surface area contributed by atoms with Gasteiger partial charge in [0.2, 0.25) is 0 Å². The van der Waals surface area contributed by atoms with E-state index in [9.17, 15) is 0 Å². The van der Waals surface area contributed by atoms with Crippen LogP contribution in [0.5, 0.6) is 0 Å². The van der Waals surface area contributed by atoms with Crippen molar-refractivity contribution in [1.82, 2.24) is 24.9 Å². The van der Waals surface area contributed by atoms with E-state index in [1.54, 1.807) is 0 Å². The Labute approximate surface area is 390 Å². The van der Waals surface area contributed by atoms with E-state index in [-0.39, 0.29) is 5.41 Å². The second kappa shape index (κ2) is 16.4. The molecule has 0 amide bonds. The number of benzene rings is 9. The molecule has 2 heterocycles. The molecule has 9 aromatic carbocycles. The van der Waals surface area contributed by atoms with Gasteiger partial charge in [0.05, 0.1) is 11.4 Å². The summed E-state index contributed by atoms with van der Waals surface area (Å²) in [5.41, 5.74) is 16.7. The van der Waals surface area contributed by atoms with Crippen LogP contribution in [-0.4, -0.2) is 24.9 Å². The van der Waals surface area contributed by atoms with Crippen LogP contribution in [0.25, 0.3) is 112 Å². The molecule has 1 aliphatic rings. The van der Waals surface area contributed by atoms with Crippen LogP contribution in [0.3, 0.4) is 0 Å². The van der Waals surface area contributed by atoms with E-state index in [1.807, 2.05) is 24.3 Å². The predicted molar refractivity (Wildman–Crippen MR) is 274 cm³/mol. The fraction of sp³-hybridized carbons (Fsp3) is 0.0484. The largest absolute Gasteiger partial charge is 0.228 e. The smallest absolute Gasteiger partial charge is 0.164 e.